The average molecular weight is 364 g/mol. The molecule has 24 heavy (non-hydrogen) atoms. The van der Waals surface area contributed by atoms with E-state index in [2.05, 4.69) is 12.6 Å². The zero-order valence-electron chi connectivity index (χ0n) is 13.7. The van der Waals surface area contributed by atoms with Gasteiger partial charge in [-0.15, -0.1) is 12.6 Å². The van der Waals surface area contributed by atoms with E-state index in [1.165, 1.54) is 6.92 Å². The molecule has 0 radical (unpaired) electrons. The van der Waals surface area contributed by atoms with Crippen molar-refractivity contribution in [1.29, 1.82) is 0 Å². The summed E-state index contributed by atoms with van der Waals surface area (Å²) in [5.41, 5.74) is -0.981. The Balaban J connectivity index is 3.11. The zero-order valence-corrected chi connectivity index (χ0v) is 14.6. The Hall–Kier alpha value is -1.81. The second kappa shape index (κ2) is 8.88. The van der Waals surface area contributed by atoms with Crippen molar-refractivity contribution in [3.63, 3.8) is 0 Å². The Morgan fingerprint density at radius 2 is 1.25 bits per heavy atom. The zero-order chi connectivity index (χ0) is 18.4. The largest absolute Gasteiger partial charge is 0.463 e. The van der Waals surface area contributed by atoms with Gasteiger partial charge in [-0.25, -0.2) is 0 Å². The Bertz CT molecular complexity index is 506. The second-order valence-corrected chi connectivity index (χ2v) is 5.60. The summed E-state index contributed by atoms with van der Waals surface area (Å²) in [5, 5.41) is 0. The lowest BCUT2D eigenvalue weighted by Crippen LogP contribution is -2.61. The van der Waals surface area contributed by atoms with E-state index in [9.17, 15) is 19.2 Å². The van der Waals surface area contributed by atoms with E-state index in [0.717, 1.165) is 20.8 Å². The molecule has 1 heterocycles. The summed E-state index contributed by atoms with van der Waals surface area (Å²) < 4.78 is 25.8. The maximum absolute atomic E-state index is 11.4. The molecule has 1 rings (SSSR count). The van der Waals surface area contributed by atoms with Crippen molar-refractivity contribution >= 4 is 36.5 Å². The number of hydrogen-bond donors (Lipinski definition) is 1. The summed E-state index contributed by atoms with van der Waals surface area (Å²) in [6, 6.07) is 0. The molecule has 0 bridgehead atoms. The highest BCUT2D eigenvalue weighted by Gasteiger charge is 2.51. The third-order valence-electron chi connectivity index (χ3n) is 2.97. The van der Waals surface area contributed by atoms with Crippen molar-refractivity contribution < 1.29 is 42.9 Å². The first kappa shape index (κ1) is 20.2. The minimum Gasteiger partial charge on any atom is -0.463 e. The number of esters is 4. The van der Waals surface area contributed by atoms with Crippen LogP contribution in [0.25, 0.3) is 0 Å². The summed E-state index contributed by atoms with van der Waals surface area (Å²) in [7, 11) is 0. The first-order valence-electron chi connectivity index (χ1n) is 7.10. The molecule has 1 aliphatic rings. The lowest BCUT2D eigenvalue weighted by atomic mass is 9.99. The molecule has 9 nitrogen and oxygen atoms in total. The van der Waals surface area contributed by atoms with Crippen molar-refractivity contribution in [2.75, 3.05) is 6.61 Å². The first-order valence-corrected chi connectivity index (χ1v) is 7.62. The second-order valence-electron chi connectivity index (χ2n) is 5.09. The van der Waals surface area contributed by atoms with Gasteiger partial charge in [0.1, 0.15) is 18.1 Å². The molecule has 136 valence electrons. The highest BCUT2D eigenvalue weighted by Crippen LogP contribution is 2.30. The smallest absolute Gasteiger partial charge is 0.303 e. The Kier molecular flexibility index (Phi) is 7.49. The van der Waals surface area contributed by atoms with Crippen LogP contribution in [-0.2, 0) is 42.9 Å². The molecule has 1 fully saturated rings. The van der Waals surface area contributed by atoms with Gasteiger partial charge in [0.15, 0.2) is 18.3 Å². The normalized spacial score (nSPS) is 29.3. The SMILES string of the molecule is CC(=O)OCC1O[C@@H](S)C(OC(C)=O)[C@@H](OC(C)=O)[C@@H]1OC(C)=O. The molecule has 0 spiro atoms. The summed E-state index contributed by atoms with van der Waals surface area (Å²) in [6.45, 7) is 4.42. The van der Waals surface area contributed by atoms with Crippen LogP contribution in [0.3, 0.4) is 0 Å². The molecule has 1 aliphatic heterocycles. The van der Waals surface area contributed by atoms with Crippen LogP contribution in [0, 0.1) is 0 Å². The van der Waals surface area contributed by atoms with Gasteiger partial charge in [0.05, 0.1) is 0 Å². The Morgan fingerprint density at radius 3 is 1.71 bits per heavy atom. The van der Waals surface area contributed by atoms with Crippen LogP contribution in [0.4, 0.5) is 0 Å². The van der Waals surface area contributed by atoms with E-state index in [1.807, 2.05) is 0 Å². The monoisotopic (exact) mass is 364 g/mol. The molecule has 10 heteroatoms. The van der Waals surface area contributed by atoms with E-state index in [-0.39, 0.29) is 6.61 Å². The van der Waals surface area contributed by atoms with E-state index in [0.29, 0.717) is 0 Å². The van der Waals surface area contributed by atoms with Crippen LogP contribution in [0.5, 0.6) is 0 Å². The molecular weight excluding hydrogens is 344 g/mol. The third kappa shape index (κ3) is 6.00. The molecule has 2 unspecified atom stereocenters. The molecule has 0 aromatic carbocycles. The molecular formula is C14H20O9S. The van der Waals surface area contributed by atoms with Gasteiger partial charge in [0.2, 0.25) is 0 Å². The van der Waals surface area contributed by atoms with Gasteiger partial charge in [0, 0.05) is 27.7 Å². The highest BCUT2D eigenvalue weighted by atomic mass is 32.1. The van der Waals surface area contributed by atoms with Gasteiger partial charge in [-0.05, 0) is 0 Å². The van der Waals surface area contributed by atoms with E-state index in [4.69, 9.17) is 23.7 Å². The fourth-order valence-electron chi connectivity index (χ4n) is 2.21. The fourth-order valence-corrected chi connectivity index (χ4v) is 2.59. The topological polar surface area (TPSA) is 114 Å². The molecule has 0 N–H and O–H groups in total. The summed E-state index contributed by atoms with van der Waals surface area (Å²) in [5.74, 6) is -2.57. The van der Waals surface area contributed by atoms with Gasteiger partial charge < -0.3 is 23.7 Å². The summed E-state index contributed by atoms with van der Waals surface area (Å²) in [4.78, 5) is 45.1. The molecule has 5 atom stereocenters. The van der Waals surface area contributed by atoms with Gasteiger partial charge in [-0.2, -0.15) is 0 Å². The lowest BCUT2D eigenvalue weighted by Gasteiger charge is -2.42. The summed E-state index contributed by atoms with van der Waals surface area (Å²) >= 11 is 4.18. The number of hydrogen-bond acceptors (Lipinski definition) is 10. The van der Waals surface area contributed by atoms with Gasteiger partial charge in [-0.1, -0.05) is 0 Å². The van der Waals surface area contributed by atoms with Crippen LogP contribution in [0.15, 0.2) is 0 Å². The van der Waals surface area contributed by atoms with E-state index >= 15 is 0 Å². The number of rotatable bonds is 5. The minimum absolute atomic E-state index is 0.255. The lowest BCUT2D eigenvalue weighted by molar-refractivity contribution is -0.237. The van der Waals surface area contributed by atoms with Crippen molar-refractivity contribution in [3.05, 3.63) is 0 Å². The van der Waals surface area contributed by atoms with E-state index < -0.39 is 53.7 Å². The Labute approximate surface area is 144 Å². The predicted octanol–water partition coefficient (Wildman–Crippen LogP) is -0.000700. The molecule has 1 saturated heterocycles. The predicted molar refractivity (Wildman–Crippen MR) is 80.9 cm³/mol. The van der Waals surface area contributed by atoms with Crippen LogP contribution >= 0.6 is 12.6 Å². The fraction of sp³-hybridized carbons (Fsp3) is 0.714. The van der Waals surface area contributed by atoms with Crippen molar-refractivity contribution in [2.24, 2.45) is 0 Å². The molecule has 0 aromatic heterocycles. The van der Waals surface area contributed by atoms with Crippen LogP contribution in [0.1, 0.15) is 27.7 Å². The highest BCUT2D eigenvalue weighted by molar-refractivity contribution is 7.80. The molecule has 0 amide bonds. The quantitative estimate of drug-likeness (QED) is 0.409. The Morgan fingerprint density at radius 1 is 0.792 bits per heavy atom. The third-order valence-corrected chi connectivity index (χ3v) is 3.38. The molecule has 0 aliphatic carbocycles. The number of thiol groups is 1. The van der Waals surface area contributed by atoms with Crippen molar-refractivity contribution in [2.45, 2.75) is 57.5 Å². The average Bonchev–Trinajstić information content (AvgIpc) is 2.42. The van der Waals surface area contributed by atoms with Gasteiger partial charge in [0.25, 0.3) is 0 Å². The maximum Gasteiger partial charge on any atom is 0.303 e. The summed E-state index contributed by atoms with van der Waals surface area (Å²) in [6.07, 6.45) is -4.35. The van der Waals surface area contributed by atoms with Crippen LogP contribution in [0.2, 0.25) is 0 Å². The number of carbonyl (C=O) groups is 4. The molecule has 0 saturated carbocycles. The molecule has 0 aromatic rings. The van der Waals surface area contributed by atoms with Crippen LogP contribution in [-0.4, -0.2) is 60.3 Å². The van der Waals surface area contributed by atoms with Crippen molar-refractivity contribution in [3.8, 4) is 0 Å². The standard InChI is InChI=1S/C14H20O9S/c1-6(15)19-5-10-11(20-7(2)16)12(21-8(3)17)13(14(24)23-10)22-9(4)18/h10-14,24H,5H2,1-4H3/t10?,11-,12+,13?,14+/m1/s1. The van der Waals surface area contributed by atoms with Crippen LogP contribution < -0.4 is 0 Å². The number of ether oxygens (including phenoxy) is 5. The first-order chi connectivity index (χ1) is 11.1. The van der Waals surface area contributed by atoms with Gasteiger partial charge in [-0.3, -0.25) is 19.2 Å². The van der Waals surface area contributed by atoms with E-state index in [1.54, 1.807) is 0 Å². The van der Waals surface area contributed by atoms with Gasteiger partial charge >= 0.3 is 23.9 Å². The minimum atomic E-state index is -1.16. The maximum atomic E-state index is 11.4. The van der Waals surface area contributed by atoms with Crippen molar-refractivity contribution in [1.82, 2.24) is 0 Å². The number of carbonyl (C=O) groups excluding carboxylic acids is 4.